The zero-order valence-corrected chi connectivity index (χ0v) is 18.9. The third kappa shape index (κ3) is 4.43. The Hall–Kier alpha value is -4.33. The maximum atomic E-state index is 13.0. The van der Waals surface area contributed by atoms with Crippen molar-refractivity contribution in [3.05, 3.63) is 82.4 Å². The molecule has 0 spiro atoms. The molecule has 1 aromatic heterocycles. The van der Waals surface area contributed by atoms with E-state index in [0.717, 1.165) is 40.3 Å². The Labute approximate surface area is 195 Å². The minimum atomic E-state index is -0.580. The highest BCUT2D eigenvalue weighted by Gasteiger charge is 2.18. The Morgan fingerprint density at radius 3 is 2.38 bits per heavy atom. The van der Waals surface area contributed by atoms with Gasteiger partial charge in [-0.3, -0.25) is 14.9 Å². The Morgan fingerprint density at radius 1 is 1.00 bits per heavy atom. The van der Waals surface area contributed by atoms with Crippen LogP contribution in [-0.2, 0) is 9.63 Å². The molecule has 0 aliphatic heterocycles. The van der Waals surface area contributed by atoms with Crippen LogP contribution in [0.4, 0.5) is 5.69 Å². The van der Waals surface area contributed by atoms with Gasteiger partial charge in [-0.05, 0) is 49.2 Å². The van der Waals surface area contributed by atoms with Gasteiger partial charge in [0.15, 0.2) is 0 Å². The average molecular weight is 457 g/mol. The number of para-hydroxylation sites is 1. The number of fused-ring (bicyclic) bond motifs is 3. The number of aromatic nitrogens is 1. The molecule has 0 N–H and O–H groups in total. The van der Waals surface area contributed by atoms with Gasteiger partial charge in [0.05, 0.1) is 16.0 Å². The third-order valence-electron chi connectivity index (χ3n) is 5.57. The SMILES string of the molecule is CCCC/C(=N/OC(C)=O)C(=O)c1ccc(-n2c3ccccc3c3cc([N+](=O)[O-])ccc32)cc1. The fraction of sp³-hybridized carbons (Fsp3) is 0.192. The van der Waals surface area contributed by atoms with E-state index in [1.54, 1.807) is 24.3 Å². The van der Waals surface area contributed by atoms with Crippen LogP contribution in [0.3, 0.4) is 0 Å². The number of carbonyl (C=O) groups excluding carboxylic acids is 2. The van der Waals surface area contributed by atoms with Gasteiger partial charge >= 0.3 is 5.97 Å². The first-order valence-electron chi connectivity index (χ1n) is 11.0. The second kappa shape index (κ2) is 9.66. The molecule has 0 atom stereocenters. The minimum Gasteiger partial charge on any atom is -0.318 e. The molecule has 3 aromatic carbocycles. The summed E-state index contributed by atoms with van der Waals surface area (Å²) in [4.78, 5) is 39.8. The highest BCUT2D eigenvalue weighted by atomic mass is 16.7. The summed E-state index contributed by atoms with van der Waals surface area (Å²) in [5, 5.41) is 16.7. The Bertz CT molecular complexity index is 1430. The molecular weight excluding hydrogens is 434 g/mol. The maximum absolute atomic E-state index is 13.0. The molecule has 0 unspecified atom stereocenters. The Kier molecular flexibility index (Phi) is 6.49. The number of unbranched alkanes of at least 4 members (excludes halogenated alkanes) is 1. The molecule has 0 aliphatic carbocycles. The summed E-state index contributed by atoms with van der Waals surface area (Å²) in [6.07, 6.45) is 2.03. The largest absolute Gasteiger partial charge is 0.331 e. The summed E-state index contributed by atoms with van der Waals surface area (Å²) < 4.78 is 2.01. The van der Waals surface area contributed by atoms with E-state index in [1.165, 1.54) is 13.0 Å². The molecule has 172 valence electrons. The molecule has 0 saturated carbocycles. The number of nitrogens with zero attached hydrogens (tertiary/aromatic N) is 3. The number of nitro groups is 1. The fourth-order valence-electron chi connectivity index (χ4n) is 3.95. The van der Waals surface area contributed by atoms with Crippen LogP contribution in [0, 0.1) is 10.1 Å². The second-order valence-corrected chi connectivity index (χ2v) is 7.91. The van der Waals surface area contributed by atoms with Gasteiger partial charge in [-0.15, -0.1) is 0 Å². The lowest BCUT2D eigenvalue weighted by atomic mass is 10.0. The van der Waals surface area contributed by atoms with Gasteiger partial charge in [-0.2, -0.15) is 0 Å². The third-order valence-corrected chi connectivity index (χ3v) is 5.57. The highest BCUT2D eigenvalue weighted by molar-refractivity contribution is 6.45. The van der Waals surface area contributed by atoms with Crippen molar-refractivity contribution in [2.45, 2.75) is 33.1 Å². The lowest BCUT2D eigenvalue weighted by Gasteiger charge is -2.09. The van der Waals surface area contributed by atoms with Gasteiger partial charge in [0.1, 0.15) is 5.71 Å². The molecular formula is C26H23N3O5. The Morgan fingerprint density at radius 2 is 1.71 bits per heavy atom. The number of hydrogen-bond donors (Lipinski definition) is 0. The minimum absolute atomic E-state index is 0.0306. The normalized spacial score (nSPS) is 11.6. The summed E-state index contributed by atoms with van der Waals surface area (Å²) in [6, 6.07) is 19.6. The van der Waals surface area contributed by atoms with Crippen LogP contribution in [0.1, 0.15) is 43.5 Å². The van der Waals surface area contributed by atoms with E-state index < -0.39 is 10.9 Å². The molecule has 4 aromatic rings. The summed E-state index contributed by atoms with van der Waals surface area (Å²) in [7, 11) is 0. The quantitative estimate of drug-likeness (QED) is 0.106. The van der Waals surface area contributed by atoms with E-state index in [9.17, 15) is 19.7 Å². The zero-order chi connectivity index (χ0) is 24.2. The maximum Gasteiger partial charge on any atom is 0.331 e. The number of nitro benzene ring substituents is 1. The summed E-state index contributed by atoms with van der Waals surface area (Å²) in [6.45, 7) is 3.24. The van der Waals surface area contributed by atoms with Gasteiger partial charge in [-0.1, -0.05) is 36.7 Å². The van der Waals surface area contributed by atoms with E-state index >= 15 is 0 Å². The van der Waals surface area contributed by atoms with Crippen LogP contribution in [0.2, 0.25) is 0 Å². The number of rotatable bonds is 8. The number of Topliss-reactive ketones (excluding diaryl/α,β-unsaturated/α-hetero) is 1. The first-order valence-corrected chi connectivity index (χ1v) is 11.0. The van der Waals surface area contributed by atoms with E-state index in [1.807, 2.05) is 47.9 Å². The van der Waals surface area contributed by atoms with Crippen LogP contribution < -0.4 is 0 Å². The number of oxime groups is 1. The summed E-state index contributed by atoms with van der Waals surface area (Å²) in [5.41, 5.74) is 3.20. The van der Waals surface area contributed by atoms with Crippen molar-refractivity contribution < 1.29 is 19.3 Å². The highest BCUT2D eigenvalue weighted by Crippen LogP contribution is 2.34. The van der Waals surface area contributed by atoms with Crippen molar-refractivity contribution in [3.8, 4) is 5.69 Å². The topological polar surface area (TPSA) is 104 Å². The van der Waals surface area contributed by atoms with Gasteiger partial charge in [0.2, 0.25) is 5.78 Å². The van der Waals surface area contributed by atoms with Gasteiger partial charge < -0.3 is 9.40 Å². The number of carbonyl (C=O) groups is 2. The van der Waals surface area contributed by atoms with Crippen LogP contribution in [0.25, 0.3) is 27.5 Å². The molecule has 8 nitrogen and oxygen atoms in total. The molecule has 8 heteroatoms. The van der Waals surface area contributed by atoms with E-state index in [4.69, 9.17) is 4.84 Å². The lowest BCUT2D eigenvalue weighted by Crippen LogP contribution is -2.16. The number of ketones is 1. The predicted octanol–water partition coefficient (Wildman–Crippen LogP) is 5.98. The van der Waals surface area contributed by atoms with Crippen LogP contribution >= 0.6 is 0 Å². The number of hydrogen-bond acceptors (Lipinski definition) is 6. The van der Waals surface area contributed by atoms with Crippen molar-refractivity contribution in [2.24, 2.45) is 5.16 Å². The molecule has 0 aliphatic rings. The summed E-state index contributed by atoms with van der Waals surface area (Å²) >= 11 is 0. The van der Waals surface area contributed by atoms with Crippen molar-refractivity contribution in [3.63, 3.8) is 0 Å². The molecule has 4 rings (SSSR count). The first kappa shape index (κ1) is 22.8. The molecule has 0 saturated heterocycles. The van der Waals surface area contributed by atoms with Crippen molar-refractivity contribution in [2.75, 3.05) is 0 Å². The smallest absolute Gasteiger partial charge is 0.318 e. The molecule has 1 heterocycles. The van der Waals surface area contributed by atoms with Gasteiger partial charge in [-0.25, -0.2) is 4.79 Å². The van der Waals surface area contributed by atoms with E-state index in [2.05, 4.69) is 5.16 Å². The van der Waals surface area contributed by atoms with Gasteiger partial charge in [0.25, 0.3) is 5.69 Å². The van der Waals surface area contributed by atoms with E-state index in [0.29, 0.717) is 12.0 Å². The van der Waals surface area contributed by atoms with E-state index in [-0.39, 0.29) is 17.2 Å². The standard InChI is InChI=1S/C26H23N3O5/c1-3-4-8-23(27-34-17(2)30)26(31)18-10-12-19(13-11-18)28-24-9-6-5-7-21(24)22-16-20(29(32)33)14-15-25(22)28/h5-7,9-16H,3-4,8H2,1-2H3/b27-23-. The predicted molar refractivity (Wildman–Crippen MR) is 130 cm³/mol. The number of benzene rings is 3. The van der Waals surface area contributed by atoms with Crippen molar-refractivity contribution >= 4 is 45.0 Å². The van der Waals surface area contributed by atoms with Crippen LogP contribution in [0.5, 0.6) is 0 Å². The summed E-state index contributed by atoms with van der Waals surface area (Å²) in [5.74, 6) is -0.872. The zero-order valence-electron chi connectivity index (χ0n) is 18.9. The average Bonchev–Trinajstić information content (AvgIpc) is 3.17. The van der Waals surface area contributed by atoms with Gasteiger partial charge in [0, 0.05) is 41.1 Å². The molecule has 0 amide bonds. The molecule has 0 fully saturated rings. The molecule has 34 heavy (non-hydrogen) atoms. The monoisotopic (exact) mass is 457 g/mol. The van der Waals surface area contributed by atoms with Crippen LogP contribution in [0.15, 0.2) is 71.9 Å². The fourth-order valence-corrected chi connectivity index (χ4v) is 3.95. The van der Waals surface area contributed by atoms with Crippen LogP contribution in [-0.4, -0.2) is 27.0 Å². The number of non-ortho nitro benzene ring substituents is 1. The Balaban J connectivity index is 1.76. The van der Waals surface area contributed by atoms with Crippen molar-refractivity contribution in [1.29, 1.82) is 0 Å². The molecule has 0 radical (unpaired) electrons. The first-order chi connectivity index (χ1) is 16.4. The lowest BCUT2D eigenvalue weighted by molar-refractivity contribution is -0.384. The molecule has 0 bridgehead atoms. The van der Waals surface area contributed by atoms with Crippen molar-refractivity contribution in [1.82, 2.24) is 4.57 Å². The second-order valence-electron chi connectivity index (χ2n) is 7.91.